The molecule has 1 rings (SSSR count). The van der Waals surface area contributed by atoms with Crippen LogP contribution < -0.4 is 15.4 Å². The fourth-order valence-corrected chi connectivity index (χ4v) is 1.10. The normalized spacial score (nSPS) is 9.73. The SMILES string of the molecule is CNCCC(=O)Nc1cccnc1OC. The van der Waals surface area contributed by atoms with Crippen molar-refractivity contribution in [3.8, 4) is 5.88 Å². The van der Waals surface area contributed by atoms with E-state index < -0.39 is 0 Å². The quantitative estimate of drug-likeness (QED) is 0.747. The molecule has 5 heteroatoms. The minimum atomic E-state index is -0.0596. The molecule has 0 saturated carbocycles. The maximum atomic E-state index is 11.4. The highest BCUT2D eigenvalue weighted by Gasteiger charge is 2.06. The summed E-state index contributed by atoms with van der Waals surface area (Å²) in [6, 6.07) is 3.50. The number of nitrogens with zero attached hydrogens (tertiary/aromatic N) is 1. The topological polar surface area (TPSA) is 63.2 Å². The lowest BCUT2D eigenvalue weighted by atomic mass is 10.3. The van der Waals surface area contributed by atoms with E-state index in [1.165, 1.54) is 7.11 Å². The lowest BCUT2D eigenvalue weighted by Crippen LogP contribution is -2.19. The Balaban J connectivity index is 2.59. The molecule has 0 fully saturated rings. The van der Waals surface area contributed by atoms with Crippen molar-refractivity contribution in [1.82, 2.24) is 10.3 Å². The smallest absolute Gasteiger partial charge is 0.237 e. The van der Waals surface area contributed by atoms with Gasteiger partial charge in [0.1, 0.15) is 5.69 Å². The number of nitrogens with one attached hydrogen (secondary N) is 2. The molecule has 82 valence electrons. The Labute approximate surface area is 88.9 Å². The van der Waals surface area contributed by atoms with Gasteiger partial charge >= 0.3 is 0 Å². The van der Waals surface area contributed by atoms with Gasteiger partial charge in [-0.3, -0.25) is 4.79 Å². The van der Waals surface area contributed by atoms with E-state index in [2.05, 4.69) is 15.6 Å². The molecule has 0 radical (unpaired) electrons. The molecular formula is C10H15N3O2. The third kappa shape index (κ3) is 3.55. The lowest BCUT2D eigenvalue weighted by molar-refractivity contribution is -0.116. The van der Waals surface area contributed by atoms with Gasteiger partial charge in [0.25, 0.3) is 0 Å². The minimum Gasteiger partial charge on any atom is -0.480 e. The van der Waals surface area contributed by atoms with Crippen molar-refractivity contribution in [2.24, 2.45) is 0 Å². The standard InChI is InChI=1S/C10H15N3O2/c1-11-7-5-9(14)13-8-4-3-6-12-10(8)15-2/h3-4,6,11H,5,7H2,1-2H3,(H,13,14). The van der Waals surface area contributed by atoms with Crippen molar-refractivity contribution in [2.45, 2.75) is 6.42 Å². The highest BCUT2D eigenvalue weighted by atomic mass is 16.5. The van der Waals surface area contributed by atoms with E-state index >= 15 is 0 Å². The van der Waals surface area contributed by atoms with Gasteiger partial charge in [0.05, 0.1) is 7.11 Å². The van der Waals surface area contributed by atoms with Gasteiger partial charge in [0, 0.05) is 19.2 Å². The second-order valence-electron chi connectivity index (χ2n) is 2.96. The molecule has 0 aliphatic rings. The van der Waals surface area contributed by atoms with Gasteiger partial charge in [-0.1, -0.05) is 0 Å². The fraction of sp³-hybridized carbons (Fsp3) is 0.400. The average Bonchev–Trinajstić information content (AvgIpc) is 2.27. The van der Waals surface area contributed by atoms with Crippen molar-refractivity contribution in [2.75, 3.05) is 26.0 Å². The first-order valence-electron chi connectivity index (χ1n) is 4.71. The van der Waals surface area contributed by atoms with Crippen LogP contribution in [0.2, 0.25) is 0 Å². The number of methoxy groups -OCH3 is 1. The van der Waals surface area contributed by atoms with Crippen molar-refractivity contribution in [3.05, 3.63) is 18.3 Å². The summed E-state index contributed by atoms with van der Waals surface area (Å²) in [5.41, 5.74) is 0.598. The first kappa shape index (κ1) is 11.5. The largest absolute Gasteiger partial charge is 0.480 e. The molecule has 1 aromatic rings. The van der Waals surface area contributed by atoms with E-state index in [-0.39, 0.29) is 5.91 Å². The highest BCUT2D eigenvalue weighted by molar-refractivity contribution is 5.91. The molecule has 0 aliphatic heterocycles. The van der Waals surface area contributed by atoms with Crippen molar-refractivity contribution in [1.29, 1.82) is 0 Å². The molecule has 0 aromatic carbocycles. The van der Waals surface area contributed by atoms with Crippen LogP contribution in [0.25, 0.3) is 0 Å². The van der Waals surface area contributed by atoms with Crippen LogP contribution in [0.3, 0.4) is 0 Å². The second-order valence-corrected chi connectivity index (χ2v) is 2.96. The third-order valence-corrected chi connectivity index (χ3v) is 1.84. The molecule has 1 aromatic heterocycles. The zero-order chi connectivity index (χ0) is 11.1. The molecule has 0 aliphatic carbocycles. The summed E-state index contributed by atoms with van der Waals surface area (Å²) < 4.78 is 5.01. The molecule has 0 spiro atoms. The van der Waals surface area contributed by atoms with Crippen LogP contribution in [0, 0.1) is 0 Å². The predicted molar refractivity (Wildman–Crippen MR) is 58.0 cm³/mol. The number of pyridine rings is 1. The van der Waals surface area contributed by atoms with E-state index in [9.17, 15) is 4.79 Å². The Kier molecular flexibility index (Phi) is 4.56. The number of carbonyl (C=O) groups is 1. The molecular weight excluding hydrogens is 194 g/mol. The average molecular weight is 209 g/mol. The summed E-state index contributed by atoms with van der Waals surface area (Å²) in [6.45, 7) is 0.647. The molecule has 2 N–H and O–H groups in total. The lowest BCUT2D eigenvalue weighted by Gasteiger charge is -2.08. The molecule has 0 unspecified atom stereocenters. The van der Waals surface area contributed by atoms with Crippen LogP contribution in [0.1, 0.15) is 6.42 Å². The zero-order valence-corrected chi connectivity index (χ0v) is 8.91. The predicted octanol–water partition coefficient (Wildman–Crippen LogP) is 0.638. The number of hydrogen-bond acceptors (Lipinski definition) is 4. The van der Waals surface area contributed by atoms with Crippen molar-refractivity contribution < 1.29 is 9.53 Å². The second kappa shape index (κ2) is 5.98. The van der Waals surface area contributed by atoms with E-state index in [0.717, 1.165) is 0 Å². The fourth-order valence-electron chi connectivity index (χ4n) is 1.10. The van der Waals surface area contributed by atoms with E-state index in [1.807, 2.05) is 0 Å². The number of rotatable bonds is 5. The summed E-state index contributed by atoms with van der Waals surface area (Å²) in [4.78, 5) is 15.4. The van der Waals surface area contributed by atoms with Crippen LogP contribution in [-0.2, 0) is 4.79 Å². The monoisotopic (exact) mass is 209 g/mol. The Bertz CT molecular complexity index is 328. The first-order chi connectivity index (χ1) is 7.27. The Morgan fingerprint density at radius 2 is 2.40 bits per heavy atom. The van der Waals surface area contributed by atoms with E-state index in [1.54, 1.807) is 25.4 Å². The maximum Gasteiger partial charge on any atom is 0.237 e. The van der Waals surface area contributed by atoms with Crippen molar-refractivity contribution in [3.63, 3.8) is 0 Å². The number of amides is 1. The summed E-state index contributed by atoms with van der Waals surface area (Å²) in [5, 5.41) is 5.64. The Hall–Kier alpha value is -1.62. The number of ether oxygens (including phenoxy) is 1. The Morgan fingerprint density at radius 3 is 3.07 bits per heavy atom. The third-order valence-electron chi connectivity index (χ3n) is 1.84. The number of hydrogen-bond donors (Lipinski definition) is 2. The van der Waals surface area contributed by atoms with Crippen LogP contribution in [0.5, 0.6) is 5.88 Å². The molecule has 1 amide bonds. The van der Waals surface area contributed by atoms with E-state index in [0.29, 0.717) is 24.5 Å². The molecule has 0 saturated heterocycles. The Morgan fingerprint density at radius 1 is 1.60 bits per heavy atom. The summed E-state index contributed by atoms with van der Waals surface area (Å²) >= 11 is 0. The highest BCUT2D eigenvalue weighted by Crippen LogP contribution is 2.19. The van der Waals surface area contributed by atoms with E-state index in [4.69, 9.17) is 4.74 Å². The number of anilines is 1. The van der Waals surface area contributed by atoms with Gasteiger partial charge < -0.3 is 15.4 Å². The van der Waals surface area contributed by atoms with Gasteiger partial charge in [-0.2, -0.15) is 0 Å². The zero-order valence-electron chi connectivity index (χ0n) is 8.91. The van der Waals surface area contributed by atoms with Gasteiger partial charge in [-0.25, -0.2) is 4.98 Å². The molecule has 1 heterocycles. The minimum absolute atomic E-state index is 0.0596. The van der Waals surface area contributed by atoms with Crippen LogP contribution >= 0.6 is 0 Å². The van der Waals surface area contributed by atoms with Gasteiger partial charge in [0.2, 0.25) is 11.8 Å². The van der Waals surface area contributed by atoms with Crippen LogP contribution in [0.15, 0.2) is 18.3 Å². The summed E-state index contributed by atoms with van der Waals surface area (Å²) in [5.74, 6) is 0.367. The van der Waals surface area contributed by atoms with Crippen molar-refractivity contribution >= 4 is 11.6 Å². The molecule has 5 nitrogen and oxygen atoms in total. The number of aromatic nitrogens is 1. The molecule has 15 heavy (non-hydrogen) atoms. The van der Waals surface area contributed by atoms with Crippen LogP contribution in [-0.4, -0.2) is 31.6 Å². The molecule has 0 atom stereocenters. The van der Waals surface area contributed by atoms with Gasteiger partial charge in [-0.15, -0.1) is 0 Å². The summed E-state index contributed by atoms with van der Waals surface area (Å²) in [6.07, 6.45) is 2.04. The van der Waals surface area contributed by atoms with Gasteiger partial charge in [-0.05, 0) is 19.2 Å². The summed E-state index contributed by atoms with van der Waals surface area (Å²) in [7, 11) is 3.32. The molecule has 0 bridgehead atoms. The first-order valence-corrected chi connectivity index (χ1v) is 4.71. The number of carbonyl (C=O) groups excluding carboxylic acids is 1. The van der Waals surface area contributed by atoms with Gasteiger partial charge in [0.15, 0.2) is 0 Å². The van der Waals surface area contributed by atoms with Crippen LogP contribution in [0.4, 0.5) is 5.69 Å². The maximum absolute atomic E-state index is 11.4.